The first-order valence-electron chi connectivity index (χ1n) is 5.66. The maximum Gasteiger partial charge on any atom is 0.0621 e. The number of hydrogen-bond donors (Lipinski definition) is 2. The van der Waals surface area contributed by atoms with Gasteiger partial charge in [-0.2, -0.15) is 0 Å². The molecular weight excluding hydrogens is 222 g/mol. The first kappa shape index (κ1) is 11.9. The van der Waals surface area contributed by atoms with E-state index in [4.69, 9.17) is 11.6 Å². The molecule has 2 unspecified atom stereocenters. The first-order valence-corrected chi connectivity index (χ1v) is 6.04. The third kappa shape index (κ3) is 2.10. The monoisotopic (exact) mass is 239 g/mol. The highest BCUT2D eigenvalue weighted by molar-refractivity contribution is 6.31. The Kier molecular flexibility index (Phi) is 3.24. The molecule has 2 atom stereocenters. The highest BCUT2D eigenvalue weighted by Crippen LogP contribution is 2.40. The van der Waals surface area contributed by atoms with Crippen LogP contribution in [0.1, 0.15) is 25.8 Å². The summed E-state index contributed by atoms with van der Waals surface area (Å²) in [5, 5.41) is 13.9. The third-order valence-electron chi connectivity index (χ3n) is 3.71. The third-order valence-corrected chi connectivity index (χ3v) is 4.08. The van der Waals surface area contributed by atoms with E-state index in [1.54, 1.807) is 0 Å². The Morgan fingerprint density at radius 1 is 1.44 bits per heavy atom. The maximum absolute atomic E-state index is 9.63. The quantitative estimate of drug-likeness (QED) is 0.850. The van der Waals surface area contributed by atoms with Gasteiger partial charge in [0.15, 0.2) is 0 Å². The fourth-order valence-electron chi connectivity index (χ4n) is 2.12. The summed E-state index contributed by atoms with van der Waals surface area (Å²) in [5.74, 6) is 0. The van der Waals surface area contributed by atoms with Crippen LogP contribution in [0.2, 0.25) is 5.02 Å². The normalized spacial score (nSPS) is 27.5. The van der Waals surface area contributed by atoms with Crippen LogP contribution in [0.5, 0.6) is 0 Å². The van der Waals surface area contributed by atoms with Gasteiger partial charge in [-0.1, -0.05) is 43.6 Å². The van der Waals surface area contributed by atoms with Crippen molar-refractivity contribution in [1.29, 1.82) is 0 Å². The standard InChI is InChI=1S/C13H18ClNO/c1-13(2)11(7-12(13)16)15-8-9-5-3-4-6-10(9)14/h3-6,11-12,15-16H,7-8H2,1-2H3. The molecule has 1 aliphatic carbocycles. The van der Waals surface area contributed by atoms with E-state index < -0.39 is 0 Å². The molecule has 88 valence electrons. The molecule has 16 heavy (non-hydrogen) atoms. The Morgan fingerprint density at radius 3 is 2.69 bits per heavy atom. The summed E-state index contributed by atoms with van der Waals surface area (Å²) < 4.78 is 0. The molecule has 0 radical (unpaired) electrons. The lowest BCUT2D eigenvalue weighted by Gasteiger charge is -2.49. The second kappa shape index (κ2) is 4.36. The highest BCUT2D eigenvalue weighted by atomic mass is 35.5. The number of aliphatic hydroxyl groups is 1. The van der Waals surface area contributed by atoms with E-state index in [0.29, 0.717) is 6.04 Å². The lowest BCUT2D eigenvalue weighted by Crippen LogP contribution is -2.59. The van der Waals surface area contributed by atoms with Crippen molar-refractivity contribution < 1.29 is 5.11 Å². The van der Waals surface area contributed by atoms with Crippen molar-refractivity contribution in [3.05, 3.63) is 34.9 Å². The van der Waals surface area contributed by atoms with E-state index in [9.17, 15) is 5.11 Å². The Bertz CT molecular complexity index is 378. The van der Waals surface area contributed by atoms with Gasteiger partial charge in [-0.3, -0.25) is 0 Å². The van der Waals surface area contributed by atoms with Gasteiger partial charge >= 0.3 is 0 Å². The molecule has 0 aliphatic heterocycles. The molecule has 2 N–H and O–H groups in total. The Hall–Kier alpha value is -0.570. The topological polar surface area (TPSA) is 32.3 Å². The molecule has 1 aliphatic rings. The molecule has 1 fully saturated rings. The van der Waals surface area contributed by atoms with Crippen LogP contribution >= 0.6 is 11.6 Å². The van der Waals surface area contributed by atoms with Gasteiger partial charge in [-0.05, 0) is 18.1 Å². The van der Waals surface area contributed by atoms with E-state index in [-0.39, 0.29) is 11.5 Å². The molecule has 2 nitrogen and oxygen atoms in total. The van der Waals surface area contributed by atoms with E-state index in [0.717, 1.165) is 23.6 Å². The van der Waals surface area contributed by atoms with Gasteiger partial charge in [0, 0.05) is 23.0 Å². The van der Waals surface area contributed by atoms with Crippen molar-refractivity contribution >= 4 is 11.6 Å². The van der Waals surface area contributed by atoms with Crippen molar-refractivity contribution in [2.24, 2.45) is 5.41 Å². The van der Waals surface area contributed by atoms with E-state index in [1.807, 2.05) is 24.3 Å². The highest BCUT2D eigenvalue weighted by Gasteiger charge is 2.46. The van der Waals surface area contributed by atoms with Gasteiger partial charge < -0.3 is 10.4 Å². The average molecular weight is 240 g/mol. The minimum absolute atomic E-state index is 0.0265. The predicted molar refractivity (Wildman–Crippen MR) is 66.5 cm³/mol. The van der Waals surface area contributed by atoms with E-state index in [1.165, 1.54) is 0 Å². The number of benzene rings is 1. The van der Waals surface area contributed by atoms with Crippen molar-refractivity contribution in [2.75, 3.05) is 0 Å². The van der Waals surface area contributed by atoms with Gasteiger partial charge in [-0.15, -0.1) is 0 Å². The lowest BCUT2D eigenvalue weighted by molar-refractivity contribution is -0.0729. The second-order valence-corrected chi connectivity index (χ2v) is 5.50. The van der Waals surface area contributed by atoms with Crippen molar-refractivity contribution in [3.8, 4) is 0 Å². The van der Waals surface area contributed by atoms with Gasteiger partial charge in [0.25, 0.3) is 0 Å². The summed E-state index contributed by atoms with van der Waals surface area (Å²) >= 11 is 6.08. The lowest BCUT2D eigenvalue weighted by atomic mass is 9.64. The van der Waals surface area contributed by atoms with Crippen LogP contribution in [0.4, 0.5) is 0 Å². The first-order chi connectivity index (χ1) is 7.51. The molecule has 0 amide bonds. The van der Waals surface area contributed by atoms with Crippen LogP contribution in [0.15, 0.2) is 24.3 Å². The second-order valence-electron chi connectivity index (χ2n) is 5.10. The fourth-order valence-corrected chi connectivity index (χ4v) is 2.33. The Balaban J connectivity index is 1.92. The van der Waals surface area contributed by atoms with E-state index in [2.05, 4.69) is 19.2 Å². The van der Waals surface area contributed by atoms with Gasteiger partial charge in [0.1, 0.15) is 0 Å². The van der Waals surface area contributed by atoms with Crippen LogP contribution in [0, 0.1) is 5.41 Å². The summed E-state index contributed by atoms with van der Waals surface area (Å²) in [5.41, 5.74) is 1.09. The van der Waals surface area contributed by atoms with Gasteiger partial charge in [-0.25, -0.2) is 0 Å². The maximum atomic E-state index is 9.63. The number of halogens is 1. The van der Waals surface area contributed by atoms with Crippen molar-refractivity contribution in [2.45, 2.75) is 39.0 Å². The summed E-state index contributed by atoms with van der Waals surface area (Å²) in [6, 6.07) is 8.22. The summed E-state index contributed by atoms with van der Waals surface area (Å²) in [6.07, 6.45) is 0.647. The van der Waals surface area contributed by atoms with Gasteiger partial charge in [0.05, 0.1) is 6.10 Å². The SMILES string of the molecule is CC1(C)C(O)CC1NCc1ccccc1Cl. The number of nitrogens with one attached hydrogen (secondary N) is 1. The molecule has 0 aromatic heterocycles. The zero-order valence-electron chi connectivity index (χ0n) is 9.70. The number of hydrogen-bond acceptors (Lipinski definition) is 2. The minimum Gasteiger partial charge on any atom is -0.392 e. The Morgan fingerprint density at radius 2 is 2.12 bits per heavy atom. The van der Waals surface area contributed by atoms with E-state index >= 15 is 0 Å². The molecule has 1 aromatic rings. The predicted octanol–water partition coefficient (Wildman–Crippen LogP) is 2.59. The van der Waals surface area contributed by atoms with Crippen LogP contribution in [-0.2, 0) is 6.54 Å². The van der Waals surface area contributed by atoms with Crippen LogP contribution < -0.4 is 5.32 Å². The van der Waals surface area contributed by atoms with Crippen LogP contribution in [0.25, 0.3) is 0 Å². The smallest absolute Gasteiger partial charge is 0.0621 e. The molecular formula is C13H18ClNO. The molecule has 1 aromatic carbocycles. The number of rotatable bonds is 3. The van der Waals surface area contributed by atoms with Gasteiger partial charge in [0.2, 0.25) is 0 Å². The Labute approximate surface area is 102 Å². The van der Waals surface area contributed by atoms with Crippen LogP contribution in [-0.4, -0.2) is 17.3 Å². The molecule has 0 spiro atoms. The molecule has 0 heterocycles. The molecule has 1 saturated carbocycles. The fraction of sp³-hybridized carbons (Fsp3) is 0.538. The summed E-state index contributed by atoms with van der Waals surface area (Å²) in [7, 11) is 0. The molecule has 3 heteroatoms. The number of aliphatic hydroxyl groups excluding tert-OH is 1. The summed E-state index contributed by atoms with van der Waals surface area (Å²) in [6.45, 7) is 4.94. The summed E-state index contributed by atoms with van der Waals surface area (Å²) in [4.78, 5) is 0. The van der Waals surface area contributed by atoms with Crippen LogP contribution in [0.3, 0.4) is 0 Å². The zero-order valence-corrected chi connectivity index (χ0v) is 10.5. The zero-order chi connectivity index (χ0) is 11.8. The minimum atomic E-state index is -0.184. The molecule has 0 saturated heterocycles. The average Bonchev–Trinajstić information content (AvgIpc) is 2.26. The molecule has 2 rings (SSSR count). The largest absolute Gasteiger partial charge is 0.392 e. The molecule has 0 bridgehead atoms. The van der Waals surface area contributed by atoms with Crippen molar-refractivity contribution in [1.82, 2.24) is 5.32 Å². The van der Waals surface area contributed by atoms with Crippen molar-refractivity contribution in [3.63, 3.8) is 0 Å².